The molecule has 0 bridgehead atoms. The Balaban J connectivity index is 1.52. The molecule has 0 saturated carbocycles. The Morgan fingerprint density at radius 3 is 2.81 bits per heavy atom. The number of piperidine rings is 2. The van der Waals surface area contributed by atoms with Crippen LogP contribution >= 0.6 is 0 Å². The van der Waals surface area contributed by atoms with Gasteiger partial charge in [0.05, 0.1) is 6.20 Å². The summed E-state index contributed by atoms with van der Waals surface area (Å²) in [5.41, 5.74) is 0.575. The van der Waals surface area contributed by atoms with Crippen LogP contribution in [0.25, 0.3) is 0 Å². The van der Waals surface area contributed by atoms with Crippen LogP contribution in [0.4, 0.5) is 5.82 Å². The van der Waals surface area contributed by atoms with Gasteiger partial charge in [-0.15, -0.1) is 0 Å². The molecule has 1 aromatic carbocycles. The molecule has 1 aromatic heterocycles. The number of hydrogen-bond acceptors (Lipinski definition) is 5. The molecule has 1 N–H and O–H groups in total. The van der Waals surface area contributed by atoms with E-state index in [9.17, 15) is 9.90 Å². The molecule has 0 aliphatic carbocycles. The number of carboxylic acids is 1. The second kappa shape index (κ2) is 7.64. The average Bonchev–Trinajstić information content (AvgIpc) is 2.73. The highest BCUT2D eigenvalue weighted by Crippen LogP contribution is 2.42. The Morgan fingerprint density at radius 1 is 1.22 bits per heavy atom. The number of carboxylic acid groups (broad SMARTS) is 1. The highest BCUT2D eigenvalue weighted by atomic mass is 16.4. The summed E-state index contributed by atoms with van der Waals surface area (Å²) >= 11 is 0. The largest absolute Gasteiger partial charge is 0.481 e. The van der Waals surface area contributed by atoms with Crippen LogP contribution in [0, 0.1) is 5.41 Å². The predicted octanol–water partition coefficient (Wildman–Crippen LogP) is 2.46. The second-order valence-electron chi connectivity index (χ2n) is 7.63. The summed E-state index contributed by atoms with van der Waals surface area (Å²) < 4.78 is 0. The zero-order chi connectivity index (χ0) is 18.7. The van der Waals surface area contributed by atoms with Crippen molar-refractivity contribution in [3.05, 3.63) is 54.5 Å². The van der Waals surface area contributed by atoms with E-state index in [4.69, 9.17) is 0 Å². The Labute approximate surface area is 159 Å². The van der Waals surface area contributed by atoms with E-state index in [2.05, 4.69) is 44.0 Å². The van der Waals surface area contributed by atoms with Gasteiger partial charge in [0.2, 0.25) is 0 Å². The molecule has 2 atom stereocenters. The van der Waals surface area contributed by atoms with Crippen molar-refractivity contribution in [3.63, 3.8) is 0 Å². The summed E-state index contributed by atoms with van der Waals surface area (Å²) in [7, 11) is 0. The summed E-state index contributed by atoms with van der Waals surface area (Å²) in [6, 6.07) is 10.5. The third-order valence-electron chi connectivity index (χ3n) is 6.12. The van der Waals surface area contributed by atoms with Crippen molar-refractivity contribution in [1.29, 1.82) is 0 Å². The molecular formula is C21H26N4O2. The maximum Gasteiger partial charge on any atom is 0.313 e. The fourth-order valence-corrected chi connectivity index (χ4v) is 4.76. The lowest BCUT2D eigenvalue weighted by Crippen LogP contribution is -2.64. The minimum absolute atomic E-state index is 0.0837. The van der Waals surface area contributed by atoms with Crippen LogP contribution in [0.2, 0.25) is 0 Å². The number of benzene rings is 1. The van der Waals surface area contributed by atoms with E-state index in [1.807, 2.05) is 6.07 Å². The van der Waals surface area contributed by atoms with Crippen LogP contribution in [0.1, 0.15) is 24.8 Å². The maximum absolute atomic E-state index is 12.4. The van der Waals surface area contributed by atoms with Crippen LogP contribution in [0.15, 0.2) is 48.9 Å². The number of anilines is 1. The molecule has 6 nitrogen and oxygen atoms in total. The monoisotopic (exact) mass is 366 g/mol. The van der Waals surface area contributed by atoms with Gasteiger partial charge in [0.25, 0.3) is 0 Å². The van der Waals surface area contributed by atoms with Crippen LogP contribution in [0.5, 0.6) is 0 Å². The van der Waals surface area contributed by atoms with Crippen molar-refractivity contribution in [2.45, 2.75) is 31.7 Å². The molecule has 0 radical (unpaired) electrons. The van der Waals surface area contributed by atoms with Gasteiger partial charge in [-0.05, 0) is 37.8 Å². The molecule has 0 spiro atoms. The number of nitrogens with zero attached hydrogens (tertiary/aromatic N) is 4. The quantitative estimate of drug-likeness (QED) is 0.877. The smallest absolute Gasteiger partial charge is 0.313 e. The van der Waals surface area contributed by atoms with Gasteiger partial charge < -0.3 is 10.0 Å². The van der Waals surface area contributed by atoms with Crippen molar-refractivity contribution < 1.29 is 9.90 Å². The molecule has 142 valence electrons. The first-order valence-electron chi connectivity index (χ1n) is 9.71. The number of likely N-dealkylation sites (tertiary alicyclic amines) is 1. The van der Waals surface area contributed by atoms with E-state index in [0.29, 0.717) is 6.54 Å². The number of aromatic nitrogens is 2. The molecule has 2 aromatic rings. The number of hydrogen-bond donors (Lipinski definition) is 1. The van der Waals surface area contributed by atoms with E-state index in [0.717, 1.165) is 51.1 Å². The Hall–Kier alpha value is -2.47. The molecule has 2 saturated heterocycles. The minimum atomic E-state index is -0.731. The molecule has 2 aliphatic heterocycles. The van der Waals surface area contributed by atoms with Gasteiger partial charge in [0.15, 0.2) is 0 Å². The zero-order valence-electron chi connectivity index (χ0n) is 15.5. The van der Waals surface area contributed by atoms with Crippen molar-refractivity contribution in [3.8, 4) is 0 Å². The van der Waals surface area contributed by atoms with Gasteiger partial charge >= 0.3 is 5.97 Å². The number of carbonyl (C=O) groups is 1. The van der Waals surface area contributed by atoms with E-state index < -0.39 is 11.4 Å². The third-order valence-corrected chi connectivity index (χ3v) is 6.12. The average molecular weight is 366 g/mol. The highest BCUT2D eigenvalue weighted by Gasteiger charge is 2.53. The first-order valence-corrected chi connectivity index (χ1v) is 9.71. The first kappa shape index (κ1) is 17.9. The summed E-state index contributed by atoms with van der Waals surface area (Å²) in [5, 5.41) is 10.2. The van der Waals surface area contributed by atoms with Gasteiger partial charge in [0, 0.05) is 38.1 Å². The summed E-state index contributed by atoms with van der Waals surface area (Å²) in [6.45, 7) is 3.22. The van der Waals surface area contributed by atoms with Gasteiger partial charge in [-0.1, -0.05) is 30.3 Å². The number of fused-ring (bicyclic) bond motifs is 1. The van der Waals surface area contributed by atoms with Crippen LogP contribution in [0.3, 0.4) is 0 Å². The summed E-state index contributed by atoms with van der Waals surface area (Å²) in [6.07, 6.45) is 8.50. The predicted molar refractivity (Wildman–Crippen MR) is 104 cm³/mol. The third kappa shape index (κ3) is 3.54. The van der Waals surface area contributed by atoms with Crippen molar-refractivity contribution in [2.24, 2.45) is 5.41 Å². The minimum Gasteiger partial charge on any atom is -0.481 e. The van der Waals surface area contributed by atoms with Gasteiger partial charge in [-0.25, -0.2) is 4.98 Å². The molecular weight excluding hydrogens is 340 g/mol. The molecule has 2 fully saturated rings. The zero-order valence-corrected chi connectivity index (χ0v) is 15.5. The molecule has 6 heteroatoms. The fourth-order valence-electron chi connectivity index (χ4n) is 4.76. The van der Waals surface area contributed by atoms with Crippen molar-refractivity contribution >= 4 is 11.8 Å². The topological polar surface area (TPSA) is 69.6 Å². The van der Waals surface area contributed by atoms with E-state index in [1.165, 1.54) is 5.56 Å². The summed E-state index contributed by atoms with van der Waals surface area (Å²) in [5.74, 6) is 0.100. The van der Waals surface area contributed by atoms with E-state index >= 15 is 0 Å². The van der Waals surface area contributed by atoms with E-state index in [1.54, 1.807) is 18.6 Å². The first-order chi connectivity index (χ1) is 13.2. The van der Waals surface area contributed by atoms with Gasteiger partial charge in [-0.2, -0.15) is 0 Å². The normalized spacial score (nSPS) is 25.8. The van der Waals surface area contributed by atoms with Crippen molar-refractivity contribution in [1.82, 2.24) is 14.9 Å². The van der Waals surface area contributed by atoms with Crippen LogP contribution < -0.4 is 4.90 Å². The van der Waals surface area contributed by atoms with Gasteiger partial charge in [0.1, 0.15) is 11.2 Å². The number of rotatable bonds is 5. The SMILES string of the molecule is O=C(O)[C@]12CCCN(CCc3ccccc3)[C@@H]1CCN(c1cnccn1)C2. The molecule has 4 rings (SSSR count). The Morgan fingerprint density at radius 2 is 2.07 bits per heavy atom. The summed E-state index contributed by atoms with van der Waals surface area (Å²) in [4.78, 5) is 25.5. The lowest BCUT2D eigenvalue weighted by Gasteiger charge is -2.53. The molecule has 27 heavy (non-hydrogen) atoms. The van der Waals surface area contributed by atoms with Crippen LogP contribution in [-0.4, -0.2) is 58.2 Å². The second-order valence-corrected chi connectivity index (χ2v) is 7.63. The van der Waals surface area contributed by atoms with Crippen molar-refractivity contribution in [2.75, 3.05) is 31.1 Å². The number of aliphatic carboxylic acids is 1. The highest BCUT2D eigenvalue weighted by molar-refractivity contribution is 5.77. The lowest BCUT2D eigenvalue weighted by atomic mass is 9.69. The van der Waals surface area contributed by atoms with Gasteiger partial charge in [-0.3, -0.25) is 14.7 Å². The van der Waals surface area contributed by atoms with Crippen LogP contribution in [-0.2, 0) is 11.2 Å². The van der Waals surface area contributed by atoms with E-state index in [-0.39, 0.29) is 6.04 Å². The lowest BCUT2D eigenvalue weighted by molar-refractivity contribution is -0.158. The Bertz CT molecular complexity index is 770. The maximum atomic E-state index is 12.4. The molecule has 0 unspecified atom stereocenters. The fraction of sp³-hybridized carbons (Fsp3) is 0.476. The molecule has 2 aliphatic rings. The Kier molecular flexibility index (Phi) is 5.07. The molecule has 0 amide bonds. The standard InChI is InChI=1S/C21H26N4O2/c26-20(27)21-9-4-12-24(13-7-17-5-2-1-3-6-17)18(21)8-14-25(16-21)19-15-22-10-11-23-19/h1-3,5-6,10-11,15,18H,4,7-9,12-14,16H2,(H,26,27)/t18-,21+/m1/s1. The molecule has 3 heterocycles.